The number of amides is 3. The zero-order valence-corrected chi connectivity index (χ0v) is 41.3. The van der Waals surface area contributed by atoms with Gasteiger partial charge in [0.1, 0.15) is 24.4 Å². The lowest BCUT2D eigenvalue weighted by Gasteiger charge is -2.35. The molecule has 0 aliphatic carbocycles. The molecule has 2 aliphatic heterocycles. The van der Waals surface area contributed by atoms with Gasteiger partial charge in [-0.25, -0.2) is 13.2 Å². The molecule has 2 aliphatic rings. The minimum absolute atomic E-state index is 0.0336. The molecule has 11 N–H and O–H groups in total. The molecule has 1 fully saturated rings. The number of carbonyl (C=O) groups excluding carboxylic acids is 3. The molecule has 3 amide bonds. The monoisotopic (exact) mass is 1040 g/mol. The summed E-state index contributed by atoms with van der Waals surface area (Å²) in [5, 5.41) is 61.9. The Kier molecular flexibility index (Phi) is 25.4. The summed E-state index contributed by atoms with van der Waals surface area (Å²) in [5.74, 6) is -6.99. The quantitative estimate of drug-likeness (QED) is 0.0366. The summed E-state index contributed by atoms with van der Waals surface area (Å²) < 4.78 is 38.3. The summed E-state index contributed by atoms with van der Waals surface area (Å²) in [5.41, 5.74) is -0.705. The van der Waals surface area contributed by atoms with Crippen LogP contribution in [0.25, 0.3) is 0 Å². The van der Waals surface area contributed by atoms with Gasteiger partial charge in [-0.15, -0.1) is 0 Å². The fourth-order valence-electron chi connectivity index (χ4n) is 7.16. The van der Waals surface area contributed by atoms with Crippen molar-refractivity contribution < 1.29 is 81.8 Å². The fourth-order valence-corrected chi connectivity index (χ4v) is 8.27. The molecule has 72 heavy (non-hydrogen) atoms. The average Bonchev–Trinajstić information content (AvgIpc) is 3.30. The van der Waals surface area contributed by atoms with Gasteiger partial charge in [-0.3, -0.25) is 58.2 Å². The van der Waals surface area contributed by atoms with E-state index in [2.05, 4.69) is 31.6 Å². The van der Waals surface area contributed by atoms with Crippen LogP contribution >= 0.6 is 0 Å². The Bertz CT molecular complexity index is 2100. The molecule has 1 aromatic rings. The topological polar surface area (TPSA) is 388 Å². The number of alkyl carbamates (subject to hydrolysis) is 1. The highest BCUT2D eigenvalue weighted by molar-refractivity contribution is 7.89. The number of hydrogen-bond acceptors (Lipinski definition) is 19. The van der Waals surface area contributed by atoms with Crippen LogP contribution in [-0.2, 0) is 43.5 Å². The largest absolute Gasteiger partial charge is 0.492 e. The molecular formula is C43H69N11O17S. The van der Waals surface area contributed by atoms with E-state index in [0.29, 0.717) is 24.9 Å². The molecule has 2 unspecified atom stereocenters. The number of carbonyl (C=O) groups is 8. The molecule has 29 heteroatoms. The lowest BCUT2D eigenvalue weighted by molar-refractivity contribution is -0.145. The van der Waals surface area contributed by atoms with E-state index in [9.17, 15) is 72.3 Å². The number of rotatable bonds is 28. The van der Waals surface area contributed by atoms with Crippen molar-refractivity contribution in [2.24, 2.45) is 10.4 Å². The summed E-state index contributed by atoms with van der Waals surface area (Å²) in [6.45, 7) is 3.97. The van der Waals surface area contributed by atoms with Gasteiger partial charge in [0.25, 0.3) is 5.91 Å². The number of guanidine groups is 1. The van der Waals surface area contributed by atoms with Crippen molar-refractivity contribution in [1.29, 1.82) is 0 Å². The molecular weight excluding hydrogens is 975 g/mol. The van der Waals surface area contributed by atoms with E-state index in [1.165, 1.54) is 12.1 Å². The van der Waals surface area contributed by atoms with E-state index in [1.54, 1.807) is 45.6 Å². The van der Waals surface area contributed by atoms with Gasteiger partial charge in [-0.2, -0.15) is 4.72 Å². The molecule has 0 spiro atoms. The first-order chi connectivity index (χ1) is 34.0. The van der Waals surface area contributed by atoms with Crippen LogP contribution in [-0.4, -0.2) is 250 Å². The van der Waals surface area contributed by atoms with Gasteiger partial charge in [0.2, 0.25) is 15.9 Å². The maximum absolute atomic E-state index is 13.0. The van der Waals surface area contributed by atoms with Crippen molar-refractivity contribution in [3.63, 3.8) is 0 Å². The van der Waals surface area contributed by atoms with E-state index < -0.39 is 107 Å². The van der Waals surface area contributed by atoms with Gasteiger partial charge < -0.3 is 61.6 Å². The van der Waals surface area contributed by atoms with Crippen LogP contribution in [0.15, 0.2) is 29.3 Å². The Hall–Kier alpha value is -6.40. The number of carboxylic acid groups (broad SMARTS) is 5. The van der Waals surface area contributed by atoms with Crippen LogP contribution < -0.4 is 36.0 Å². The molecule has 1 saturated heterocycles. The van der Waals surface area contributed by atoms with Crippen molar-refractivity contribution in [3.8, 4) is 5.75 Å². The molecule has 2 heterocycles. The number of carboxylic acids is 5. The second kappa shape index (κ2) is 30.5. The van der Waals surface area contributed by atoms with E-state index in [-0.39, 0.29) is 90.5 Å². The maximum atomic E-state index is 13.0. The lowest BCUT2D eigenvalue weighted by Crippen LogP contribution is -2.52. The molecule has 3 rings (SSSR count). The van der Waals surface area contributed by atoms with E-state index >= 15 is 0 Å². The molecule has 404 valence electrons. The third kappa shape index (κ3) is 24.6. The number of nitrogens with zero attached hydrogens (tertiary/aromatic N) is 5. The van der Waals surface area contributed by atoms with E-state index in [1.807, 2.05) is 4.72 Å². The molecule has 0 saturated carbocycles. The highest BCUT2D eigenvalue weighted by Gasteiger charge is 2.30. The number of ether oxygens (including phenoxy) is 2. The SMILES string of the molecule is CC(C)(CNC(=O)CCC(C(=O)O)N1CCN(CC(=O)O)CCN(CC(=O)O)CCN(CC(=O)O)CC1)COC(=O)NCCS(=O)(=O)NC(CNC(=O)c1ccc(OCCNC2=NCCCN2)cc1)C(=O)O. The average molecular weight is 1040 g/mol. The highest BCUT2D eigenvalue weighted by atomic mass is 32.2. The van der Waals surface area contributed by atoms with Gasteiger partial charge in [-0.1, -0.05) is 13.8 Å². The number of sulfonamides is 1. The number of nitrogens with one attached hydrogen (secondary N) is 6. The van der Waals surface area contributed by atoms with E-state index in [4.69, 9.17) is 9.47 Å². The maximum Gasteiger partial charge on any atom is 0.407 e. The molecule has 1 aromatic carbocycles. The molecule has 0 bridgehead atoms. The van der Waals surface area contributed by atoms with Gasteiger partial charge >= 0.3 is 35.9 Å². The molecule has 28 nitrogen and oxygen atoms in total. The summed E-state index contributed by atoms with van der Waals surface area (Å²) in [6, 6.07) is 3.06. The van der Waals surface area contributed by atoms with Crippen LogP contribution in [0.2, 0.25) is 0 Å². The third-order valence-electron chi connectivity index (χ3n) is 11.1. The smallest absolute Gasteiger partial charge is 0.407 e. The van der Waals surface area contributed by atoms with Crippen molar-refractivity contribution in [1.82, 2.24) is 50.9 Å². The third-order valence-corrected chi connectivity index (χ3v) is 12.5. The first kappa shape index (κ1) is 59.9. The van der Waals surface area contributed by atoms with Crippen molar-refractivity contribution in [2.75, 3.05) is 130 Å². The number of aliphatic carboxylic acids is 5. The minimum atomic E-state index is -4.31. The molecule has 0 aromatic heterocycles. The van der Waals surface area contributed by atoms with Gasteiger partial charge in [0.05, 0.1) is 38.5 Å². The predicted molar refractivity (Wildman–Crippen MR) is 256 cm³/mol. The van der Waals surface area contributed by atoms with Gasteiger partial charge in [-0.05, 0) is 37.1 Å². The Morgan fingerprint density at radius 3 is 1.85 bits per heavy atom. The zero-order chi connectivity index (χ0) is 53.3. The van der Waals surface area contributed by atoms with Crippen molar-refractivity contribution in [3.05, 3.63) is 29.8 Å². The lowest BCUT2D eigenvalue weighted by atomic mass is 9.95. The van der Waals surface area contributed by atoms with Crippen LogP contribution in [0.5, 0.6) is 5.75 Å². The second-order valence-corrected chi connectivity index (χ2v) is 19.6. The fraction of sp³-hybridized carbons (Fsp3) is 0.651. The zero-order valence-electron chi connectivity index (χ0n) is 40.5. The van der Waals surface area contributed by atoms with Gasteiger partial charge in [0, 0.05) is 102 Å². The standard InChI is InChI=1S/C43H69N11O17S/c1-43(2,28-49-34(55)9-8-33(40(65)66)54-20-18-52(26-36(58)59)16-14-51(25-35(56)57)15-17-53(19-21-54)27-37(60)61)29-71-42(67)47-13-23-72(68,69)50-32(39(63)64)24-48-38(62)30-4-6-31(7-5-30)70-22-12-46-41-44-10-3-11-45-41/h4-7,32-33,50H,3,8-29H2,1-2H3,(H,47,67)(H,48,62)(H,49,55)(H,56,57)(H,58,59)(H,60,61)(H,63,64)(H,65,66)(H2,44,45,46). The Morgan fingerprint density at radius 1 is 0.764 bits per heavy atom. The normalized spacial score (nSPS) is 16.7. The first-order valence-electron chi connectivity index (χ1n) is 23.2. The number of aliphatic imine (C=N–C) groups is 1. The van der Waals surface area contributed by atoms with Gasteiger partial charge in [0.15, 0.2) is 5.96 Å². The minimum Gasteiger partial charge on any atom is -0.492 e. The van der Waals surface area contributed by atoms with Crippen LogP contribution in [0.3, 0.4) is 0 Å². The Morgan fingerprint density at radius 2 is 1.33 bits per heavy atom. The number of benzene rings is 1. The Balaban J connectivity index is 1.43. The first-order valence-corrected chi connectivity index (χ1v) is 24.9. The van der Waals surface area contributed by atoms with Crippen LogP contribution in [0.1, 0.15) is 43.5 Å². The predicted octanol–water partition coefficient (Wildman–Crippen LogP) is -3.32. The Labute approximate surface area is 416 Å². The molecule has 2 atom stereocenters. The molecule has 0 radical (unpaired) electrons. The highest BCUT2D eigenvalue weighted by Crippen LogP contribution is 2.16. The summed E-state index contributed by atoms with van der Waals surface area (Å²) >= 11 is 0. The summed E-state index contributed by atoms with van der Waals surface area (Å²) in [4.78, 5) is 108. The van der Waals surface area contributed by atoms with E-state index in [0.717, 1.165) is 19.5 Å². The van der Waals surface area contributed by atoms with Crippen LogP contribution in [0.4, 0.5) is 4.79 Å². The summed E-state index contributed by atoms with van der Waals surface area (Å²) in [7, 11) is -4.31. The second-order valence-electron chi connectivity index (χ2n) is 17.7. The van der Waals surface area contributed by atoms with Crippen LogP contribution in [0, 0.1) is 5.41 Å². The van der Waals surface area contributed by atoms with Crippen molar-refractivity contribution >= 4 is 63.7 Å². The number of hydrogen-bond donors (Lipinski definition) is 11. The summed E-state index contributed by atoms with van der Waals surface area (Å²) in [6.07, 6.45) is -0.484. The van der Waals surface area contributed by atoms with Crippen molar-refractivity contribution in [2.45, 2.75) is 45.2 Å².